The molecule has 0 aliphatic carbocycles. The van der Waals surface area contributed by atoms with Gasteiger partial charge in [0.25, 0.3) is 0 Å². The van der Waals surface area contributed by atoms with Crippen molar-refractivity contribution in [3.8, 4) is 0 Å². The Balaban J connectivity index is 1.79. The number of nitrogens with zero attached hydrogens (tertiary/aromatic N) is 4. The molecule has 0 bridgehead atoms. The van der Waals surface area contributed by atoms with Crippen molar-refractivity contribution >= 4 is 34.2 Å². The summed E-state index contributed by atoms with van der Waals surface area (Å²) in [7, 11) is 0. The second kappa shape index (κ2) is 5.77. The third-order valence-electron chi connectivity index (χ3n) is 3.90. The molecular formula is C17H14IN5. The Bertz CT molecular complexity index is 865. The van der Waals surface area contributed by atoms with Crippen LogP contribution in [0.25, 0.3) is 5.70 Å². The molecule has 0 saturated carbocycles. The lowest BCUT2D eigenvalue weighted by Crippen LogP contribution is -2.20. The van der Waals surface area contributed by atoms with Crippen molar-refractivity contribution in [2.45, 2.75) is 13.0 Å². The van der Waals surface area contributed by atoms with Gasteiger partial charge in [-0.3, -0.25) is 0 Å². The summed E-state index contributed by atoms with van der Waals surface area (Å²) in [6.07, 6.45) is 2.16. The Kier molecular flexibility index (Phi) is 3.60. The number of aromatic nitrogens is 4. The van der Waals surface area contributed by atoms with Gasteiger partial charge in [-0.2, -0.15) is 4.68 Å². The van der Waals surface area contributed by atoms with E-state index in [1.807, 2.05) is 0 Å². The first-order chi connectivity index (χ1) is 11.2. The van der Waals surface area contributed by atoms with E-state index in [1.165, 1.54) is 9.13 Å². The van der Waals surface area contributed by atoms with Gasteiger partial charge in [0.2, 0.25) is 5.95 Å². The van der Waals surface area contributed by atoms with E-state index in [1.54, 1.807) is 4.68 Å². The minimum absolute atomic E-state index is 0.0175. The van der Waals surface area contributed by atoms with Gasteiger partial charge in [0, 0.05) is 9.27 Å². The van der Waals surface area contributed by atoms with Gasteiger partial charge in [-0.15, -0.1) is 0 Å². The number of hydrogen-bond donors (Lipinski definition) is 1. The van der Waals surface area contributed by atoms with Crippen LogP contribution in [0.3, 0.4) is 0 Å². The monoisotopic (exact) mass is 415 g/mol. The smallest absolute Gasteiger partial charge is 0.248 e. The number of tetrazole rings is 1. The van der Waals surface area contributed by atoms with Crippen LogP contribution in [-0.4, -0.2) is 20.2 Å². The number of anilines is 1. The summed E-state index contributed by atoms with van der Waals surface area (Å²) in [5.41, 5.74) is 4.54. The van der Waals surface area contributed by atoms with Crippen molar-refractivity contribution in [2.24, 2.45) is 0 Å². The first kappa shape index (κ1) is 14.4. The standard InChI is InChI=1S/C17H14IN5/c1-11-2-4-13(5-3-11)16-10-15(12-6-8-14(18)9-7-12)19-17-20-21-22-23(16)17/h2-10,16H,1H3,(H,19,20,22). The van der Waals surface area contributed by atoms with E-state index < -0.39 is 0 Å². The zero-order valence-electron chi connectivity index (χ0n) is 12.4. The summed E-state index contributed by atoms with van der Waals surface area (Å²) in [6, 6.07) is 16.8. The molecule has 23 heavy (non-hydrogen) atoms. The van der Waals surface area contributed by atoms with Crippen molar-refractivity contribution in [2.75, 3.05) is 5.32 Å². The van der Waals surface area contributed by atoms with Gasteiger partial charge in [0.15, 0.2) is 0 Å². The number of hydrogen-bond acceptors (Lipinski definition) is 4. The predicted octanol–water partition coefficient (Wildman–Crippen LogP) is 3.64. The Morgan fingerprint density at radius 1 is 1.04 bits per heavy atom. The SMILES string of the molecule is Cc1ccc(C2C=C(c3ccc(I)cc3)Nc3nnnn32)cc1. The van der Waals surface area contributed by atoms with Crippen molar-refractivity contribution in [3.63, 3.8) is 0 Å². The molecule has 1 aliphatic heterocycles. The third-order valence-corrected chi connectivity index (χ3v) is 4.62. The molecule has 0 spiro atoms. The molecular weight excluding hydrogens is 401 g/mol. The fourth-order valence-corrected chi connectivity index (χ4v) is 3.01. The highest BCUT2D eigenvalue weighted by Crippen LogP contribution is 2.31. The number of allylic oxidation sites excluding steroid dienone is 1. The normalized spacial score (nSPS) is 16.4. The molecule has 3 aromatic rings. The molecule has 1 atom stereocenters. The van der Waals surface area contributed by atoms with E-state index in [9.17, 15) is 0 Å². The van der Waals surface area contributed by atoms with Crippen molar-refractivity contribution < 1.29 is 0 Å². The fraction of sp³-hybridized carbons (Fsp3) is 0.118. The van der Waals surface area contributed by atoms with Crippen LogP contribution in [0.2, 0.25) is 0 Å². The first-order valence-corrected chi connectivity index (χ1v) is 8.38. The van der Waals surface area contributed by atoms with Gasteiger partial charge in [0.05, 0.1) is 0 Å². The van der Waals surface area contributed by atoms with Gasteiger partial charge in [-0.25, -0.2) is 0 Å². The van der Waals surface area contributed by atoms with Crippen molar-refractivity contribution in [3.05, 3.63) is 74.9 Å². The molecule has 0 radical (unpaired) electrons. The van der Waals surface area contributed by atoms with Crippen LogP contribution < -0.4 is 5.32 Å². The maximum Gasteiger partial charge on any atom is 0.248 e. The summed E-state index contributed by atoms with van der Waals surface area (Å²) in [4.78, 5) is 0. The van der Waals surface area contributed by atoms with Gasteiger partial charge in [-0.1, -0.05) is 47.1 Å². The molecule has 2 aromatic carbocycles. The van der Waals surface area contributed by atoms with Crippen LogP contribution in [-0.2, 0) is 0 Å². The largest absolute Gasteiger partial charge is 0.323 e. The van der Waals surface area contributed by atoms with E-state index >= 15 is 0 Å². The number of nitrogens with one attached hydrogen (secondary N) is 1. The van der Waals surface area contributed by atoms with E-state index in [4.69, 9.17) is 0 Å². The minimum Gasteiger partial charge on any atom is -0.323 e. The van der Waals surface area contributed by atoms with Gasteiger partial charge >= 0.3 is 0 Å². The number of aryl methyl sites for hydroxylation is 1. The van der Waals surface area contributed by atoms with E-state index in [-0.39, 0.29) is 6.04 Å². The second-order valence-corrected chi connectivity index (χ2v) is 6.76. The Labute approximate surface area is 147 Å². The summed E-state index contributed by atoms with van der Waals surface area (Å²) < 4.78 is 3.02. The highest BCUT2D eigenvalue weighted by molar-refractivity contribution is 14.1. The first-order valence-electron chi connectivity index (χ1n) is 7.30. The maximum absolute atomic E-state index is 4.13. The molecule has 2 heterocycles. The molecule has 0 amide bonds. The summed E-state index contributed by atoms with van der Waals surface area (Å²) in [6.45, 7) is 2.08. The van der Waals surface area contributed by atoms with Crippen molar-refractivity contribution in [1.29, 1.82) is 0 Å². The van der Waals surface area contributed by atoms with E-state index in [0.29, 0.717) is 5.95 Å². The lowest BCUT2D eigenvalue weighted by molar-refractivity contribution is 0.586. The van der Waals surface area contributed by atoms with E-state index in [2.05, 4.69) is 105 Å². The molecule has 1 unspecified atom stereocenters. The number of fused-ring (bicyclic) bond motifs is 1. The molecule has 0 fully saturated rings. The zero-order valence-corrected chi connectivity index (χ0v) is 14.6. The molecule has 114 valence electrons. The number of rotatable bonds is 2. The molecule has 1 aliphatic rings. The van der Waals surface area contributed by atoms with E-state index in [0.717, 1.165) is 16.8 Å². The highest BCUT2D eigenvalue weighted by Gasteiger charge is 2.24. The minimum atomic E-state index is -0.0175. The average Bonchev–Trinajstić information content (AvgIpc) is 3.04. The Morgan fingerprint density at radius 2 is 1.78 bits per heavy atom. The fourth-order valence-electron chi connectivity index (χ4n) is 2.65. The quantitative estimate of drug-likeness (QED) is 0.650. The van der Waals surface area contributed by atoms with Gasteiger partial charge in [0.1, 0.15) is 6.04 Å². The van der Waals surface area contributed by atoms with Gasteiger partial charge < -0.3 is 5.32 Å². The van der Waals surface area contributed by atoms with Crippen LogP contribution in [0.5, 0.6) is 0 Å². The predicted molar refractivity (Wildman–Crippen MR) is 97.9 cm³/mol. The van der Waals surface area contributed by atoms with Crippen LogP contribution >= 0.6 is 22.6 Å². The number of halogens is 1. The average molecular weight is 415 g/mol. The van der Waals surface area contributed by atoms with Crippen LogP contribution in [0.15, 0.2) is 54.6 Å². The molecule has 6 heteroatoms. The third kappa shape index (κ3) is 2.74. The lowest BCUT2D eigenvalue weighted by Gasteiger charge is -2.23. The molecule has 1 aromatic heterocycles. The summed E-state index contributed by atoms with van der Waals surface area (Å²) in [5, 5.41) is 15.3. The Morgan fingerprint density at radius 3 is 2.52 bits per heavy atom. The maximum atomic E-state index is 4.13. The molecule has 1 N–H and O–H groups in total. The second-order valence-electron chi connectivity index (χ2n) is 5.51. The molecule has 5 nitrogen and oxygen atoms in total. The summed E-state index contributed by atoms with van der Waals surface area (Å²) in [5.74, 6) is 0.659. The van der Waals surface area contributed by atoms with Gasteiger partial charge in [-0.05, 0) is 69.3 Å². The Hall–Kier alpha value is -2.22. The summed E-state index contributed by atoms with van der Waals surface area (Å²) >= 11 is 2.31. The topological polar surface area (TPSA) is 55.6 Å². The molecule has 0 saturated heterocycles. The highest BCUT2D eigenvalue weighted by atomic mass is 127. The zero-order chi connectivity index (χ0) is 15.8. The molecule has 4 rings (SSSR count). The van der Waals surface area contributed by atoms with Crippen LogP contribution in [0, 0.1) is 10.5 Å². The van der Waals surface area contributed by atoms with Crippen LogP contribution in [0.4, 0.5) is 5.95 Å². The van der Waals surface area contributed by atoms with Crippen molar-refractivity contribution in [1.82, 2.24) is 20.2 Å². The lowest BCUT2D eigenvalue weighted by atomic mass is 10.0. The number of benzene rings is 2. The van der Waals surface area contributed by atoms with Crippen LogP contribution in [0.1, 0.15) is 22.7 Å².